The molecule has 2 heterocycles. The van der Waals surface area contributed by atoms with Crippen molar-refractivity contribution in [2.45, 2.75) is 18.5 Å². The van der Waals surface area contributed by atoms with Crippen LogP contribution in [-0.4, -0.2) is 0 Å². The quantitative estimate of drug-likeness (QED) is 0.151. The molecule has 0 bridgehead atoms. The Morgan fingerprint density at radius 2 is 0.780 bits per heavy atom. The Balaban J connectivity index is 0.904. The van der Waals surface area contributed by atoms with Crippen molar-refractivity contribution in [3.8, 4) is 44.5 Å². The van der Waals surface area contributed by atoms with Crippen molar-refractivity contribution in [2.75, 3.05) is 0 Å². The van der Waals surface area contributed by atoms with Gasteiger partial charge in [-0.2, -0.15) is 0 Å². The Labute approximate surface area is 343 Å². The van der Waals surface area contributed by atoms with Crippen molar-refractivity contribution in [1.29, 1.82) is 0 Å². The van der Waals surface area contributed by atoms with E-state index in [9.17, 15) is 0 Å². The van der Waals surface area contributed by atoms with Crippen LogP contribution in [0.25, 0.3) is 77.2 Å². The average Bonchev–Trinajstić information content (AvgIpc) is 3.72. The molecule has 1 saturated heterocycles. The second-order valence-corrected chi connectivity index (χ2v) is 15.4. The summed E-state index contributed by atoms with van der Waals surface area (Å²) >= 11 is 0. The predicted molar refractivity (Wildman–Crippen MR) is 243 cm³/mol. The Morgan fingerprint density at radius 1 is 0.322 bits per heavy atom. The molecular weight excluding hydrogens is 719 g/mol. The van der Waals surface area contributed by atoms with E-state index in [1.54, 1.807) is 0 Å². The van der Waals surface area contributed by atoms with E-state index in [1.807, 2.05) is 6.07 Å². The number of fused-ring (bicyclic) bond motifs is 4. The molecule has 11 rings (SSSR count). The molecule has 1 aromatic heterocycles. The van der Waals surface area contributed by atoms with Crippen LogP contribution in [0, 0.1) is 0 Å². The number of hydrogen-bond acceptors (Lipinski definition) is 4. The Hall–Kier alpha value is -7.08. The van der Waals surface area contributed by atoms with Crippen LogP contribution in [0.1, 0.15) is 35.2 Å². The van der Waals surface area contributed by atoms with Crippen LogP contribution in [0.3, 0.4) is 0 Å². The number of para-hydroxylation sites is 1. The van der Waals surface area contributed by atoms with Gasteiger partial charge in [-0.3, -0.25) is 16.0 Å². The van der Waals surface area contributed by atoms with Gasteiger partial charge in [-0.25, -0.2) is 0 Å². The first-order chi connectivity index (χ1) is 29.2. The lowest BCUT2D eigenvalue weighted by molar-refractivity contribution is 0.203. The molecule has 3 unspecified atom stereocenters. The molecular formula is C55H41N3O. The minimum absolute atomic E-state index is 0.0584. The SMILES string of the molecule is c1ccc(-c2ccc(-c3ccc(C4NC(c5ccccc5)NC(c5ccc(-c6ccc(-c7ccc8ccccc8c7)c7oc8ccccc8c67)cc5)N4)cc3)cc2)cc1. The van der Waals surface area contributed by atoms with Gasteiger partial charge in [-0.1, -0.05) is 194 Å². The fourth-order valence-corrected chi connectivity index (χ4v) is 8.73. The van der Waals surface area contributed by atoms with Crippen LogP contribution in [0.15, 0.2) is 217 Å². The Kier molecular flexibility index (Phi) is 8.94. The Bertz CT molecular complexity index is 3060. The van der Waals surface area contributed by atoms with E-state index in [4.69, 9.17) is 4.42 Å². The molecule has 1 fully saturated rings. The number of nitrogens with one attached hydrogen (secondary N) is 3. The molecule has 3 atom stereocenters. The summed E-state index contributed by atoms with van der Waals surface area (Å²) in [6, 6.07) is 75.9. The summed E-state index contributed by atoms with van der Waals surface area (Å²) in [6.45, 7) is 0. The molecule has 0 radical (unpaired) electrons. The normalized spacial score (nSPS) is 16.8. The van der Waals surface area contributed by atoms with Crippen LogP contribution < -0.4 is 16.0 Å². The average molecular weight is 760 g/mol. The van der Waals surface area contributed by atoms with Gasteiger partial charge >= 0.3 is 0 Å². The van der Waals surface area contributed by atoms with Gasteiger partial charge in [0.1, 0.15) is 11.2 Å². The molecule has 59 heavy (non-hydrogen) atoms. The third kappa shape index (κ3) is 6.69. The van der Waals surface area contributed by atoms with E-state index in [1.165, 1.54) is 44.2 Å². The lowest BCUT2D eigenvalue weighted by Crippen LogP contribution is -2.54. The monoisotopic (exact) mass is 759 g/mol. The topological polar surface area (TPSA) is 49.2 Å². The zero-order valence-corrected chi connectivity index (χ0v) is 32.3. The van der Waals surface area contributed by atoms with Crippen LogP contribution >= 0.6 is 0 Å². The summed E-state index contributed by atoms with van der Waals surface area (Å²) in [6.07, 6.45) is -0.243. The molecule has 1 aliphatic rings. The van der Waals surface area contributed by atoms with Crippen molar-refractivity contribution in [2.24, 2.45) is 0 Å². The van der Waals surface area contributed by atoms with E-state index in [2.05, 4.69) is 222 Å². The predicted octanol–water partition coefficient (Wildman–Crippen LogP) is 13.6. The summed E-state index contributed by atoms with van der Waals surface area (Å²) in [4.78, 5) is 0. The first-order valence-electron chi connectivity index (χ1n) is 20.3. The van der Waals surface area contributed by atoms with E-state index in [0.29, 0.717) is 0 Å². The molecule has 10 aromatic rings. The molecule has 0 amide bonds. The lowest BCUT2D eigenvalue weighted by atomic mass is 9.93. The number of hydrogen-bond donors (Lipinski definition) is 3. The minimum Gasteiger partial charge on any atom is -0.455 e. The molecule has 282 valence electrons. The third-order valence-corrected chi connectivity index (χ3v) is 11.8. The molecule has 0 saturated carbocycles. The number of furan rings is 1. The van der Waals surface area contributed by atoms with E-state index in [0.717, 1.165) is 49.8 Å². The largest absolute Gasteiger partial charge is 0.455 e. The maximum atomic E-state index is 6.67. The molecule has 0 spiro atoms. The van der Waals surface area contributed by atoms with Gasteiger partial charge in [0, 0.05) is 16.3 Å². The fraction of sp³-hybridized carbons (Fsp3) is 0.0545. The minimum atomic E-state index is -0.101. The van der Waals surface area contributed by atoms with Crippen LogP contribution in [0.4, 0.5) is 0 Å². The molecule has 0 aliphatic carbocycles. The van der Waals surface area contributed by atoms with E-state index < -0.39 is 0 Å². The summed E-state index contributed by atoms with van der Waals surface area (Å²) < 4.78 is 6.67. The highest BCUT2D eigenvalue weighted by atomic mass is 16.3. The third-order valence-electron chi connectivity index (χ3n) is 11.8. The number of rotatable bonds is 7. The summed E-state index contributed by atoms with van der Waals surface area (Å²) in [7, 11) is 0. The molecule has 3 N–H and O–H groups in total. The highest BCUT2D eigenvalue weighted by molar-refractivity contribution is 6.16. The van der Waals surface area contributed by atoms with Crippen LogP contribution in [0.5, 0.6) is 0 Å². The molecule has 4 heteroatoms. The van der Waals surface area contributed by atoms with Gasteiger partial charge in [0.15, 0.2) is 0 Å². The van der Waals surface area contributed by atoms with Crippen LogP contribution in [-0.2, 0) is 0 Å². The smallest absolute Gasteiger partial charge is 0.143 e. The maximum Gasteiger partial charge on any atom is 0.143 e. The van der Waals surface area contributed by atoms with Gasteiger partial charge in [0.2, 0.25) is 0 Å². The number of benzene rings is 9. The first-order valence-corrected chi connectivity index (χ1v) is 20.3. The van der Waals surface area contributed by atoms with Gasteiger partial charge in [0.25, 0.3) is 0 Å². The van der Waals surface area contributed by atoms with Crippen molar-refractivity contribution in [1.82, 2.24) is 16.0 Å². The van der Waals surface area contributed by atoms with E-state index >= 15 is 0 Å². The van der Waals surface area contributed by atoms with Gasteiger partial charge < -0.3 is 4.42 Å². The highest BCUT2D eigenvalue weighted by Gasteiger charge is 2.30. The van der Waals surface area contributed by atoms with Crippen molar-refractivity contribution in [3.05, 3.63) is 229 Å². The van der Waals surface area contributed by atoms with Crippen molar-refractivity contribution < 1.29 is 4.42 Å². The van der Waals surface area contributed by atoms with Crippen molar-refractivity contribution in [3.63, 3.8) is 0 Å². The zero-order chi connectivity index (χ0) is 39.1. The maximum absolute atomic E-state index is 6.67. The molecule has 1 aliphatic heterocycles. The van der Waals surface area contributed by atoms with E-state index in [-0.39, 0.29) is 18.5 Å². The fourth-order valence-electron chi connectivity index (χ4n) is 8.73. The Morgan fingerprint density at radius 3 is 1.42 bits per heavy atom. The zero-order valence-electron chi connectivity index (χ0n) is 32.3. The molecule has 4 nitrogen and oxygen atoms in total. The van der Waals surface area contributed by atoms with Gasteiger partial charge in [-0.15, -0.1) is 0 Å². The second kappa shape index (κ2) is 15.0. The standard InChI is InChI=1S/C55H41N3O/c1-3-11-36(12-4-1)38-19-21-39(22-20-38)40-23-28-43(29-24-40)54-56-53(42-14-5-2-6-15-42)57-55(58-54)44-30-26-41(27-31-44)47-33-34-48(46-32-25-37-13-7-8-16-45(37)35-46)52-51(47)49-17-9-10-18-50(49)59-52/h1-35,53-58H. The summed E-state index contributed by atoms with van der Waals surface area (Å²) in [5.41, 5.74) is 14.7. The van der Waals surface area contributed by atoms with Crippen molar-refractivity contribution >= 4 is 32.7 Å². The first kappa shape index (κ1) is 35.1. The summed E-state index contributed by atoms with van der Waals surface area (Å²) in [5.74, 6) is 0. The van der Waals surface area contributed by atoms with Gasteiger partial charge in [-0.05, 0) is 84.6 Å². The second-order valence-electron chi connectivity index (χ2n) is 15.4. The van der Waals surface area contributed by atoms with Gasteiger partial charge in [0.05, 0.1) is 18.5 Å². The molecule has 9 aromatic carbocycles. The summed E-state index contributed by atoms with van der Waals surface area (Å²) in [5, 5.41) is 16.3. The van der Waals surface area contributed by atoms with Crippen LogP contribution in [0.2, 0.25) is 0 Å². The lowest BCUT2D eigenvalue weighted by Gasteiger charge is -2.39. The highest BCUT2D eigenvalue weighted by Crippen LogP contribution is 2.42.